The van der Waals surface area contributed by atoms with E-state index < -0.39 is 18.0 Å². The Kier molecular flexibility index (Phi) is 2.27. The van der Waals surface area contributed by atoms with E-state index in [2.05, 4.69) is 14.6 Å². The minimum absolute atomic E-state index is 0.0397. The zero-order valence-electron chi connectivity index (χ0n) is 6.31. The third kappa shape index (κ3) is 1.36. The molecule has 6 heteroatoms. The number of oxime groups is 1. The van der Waals surface area contributed by atoms with Crippen LogP contribution in [0.15, 0.2) is 5.16 Å². The lowest BCUT2D eigenvalue weighted by atomic mass is 10.2. The van der Waals surface area contributed by atoms with Crippen molar-refractivity contribution in [2.24, 2.45) is 5.16 Å². The van der Waals surface area contributed by atoms with Crippen LogP contribution in [-0.4, -0.2) is 36.1 Å². The lowest BCUT2D eigenvalue weighted by Crippen LogP contribution is -2.21. The molecule has 0 saturated carbocycles. The maximum atomic E-state index is 10.8. The topological polar surface area (TPSA) is 85.2 Å². The number of cyclic esters (lactones) is 1. The van der Waals surface area contributed by atoms with E-state index in [1.54, 1.807) is 0 Å². The largest absolute Gasteiger partial charge is 0.466 e. The van der Waals surface area contributed by atoms with Crippen molar-refractivity contribution in [3.8, 4) is 0 Å². The molecule has 0 spiro atoms. The Bertz CT molecular complexity index is 246. The van der Waals surface area contributed by atoms with Crippen LogP contribution >= 0.6 is 0 Å². The maximum Gasteiger partial charge on any atom is 0.357 e. The number of esters is 2. The molecule has 0 radical (unpaired) electrons. The van der Waals surface area contributed by atoms with Crippen LogP contribution in [0.25, 0.3) is 0 Å². The Morgan fingerprint density at radius 3 is 2.92 bits per heavy atom. The first kappa shape index (κ1) is 8.51. The number of hydrogen-bond donors (Lipinski definition) is 1. The average molecular weight is 173 g/mol. The molecule has 1 saturated heterocycles. The predicted molar refractivity (Wildman–Crippen MR) is 35.7 cm³/mol. The molecule has 0 amide bonds. The van der Waals surface area contributed by atoms with Gasteiger partial charge in [0, 0.05) is 6.42 Å². The van der Waals surface area contributed by atoms with Gasteiger partial charge in [0.1, 0.15) is 0 Å². The summed E-state index contributed by atoms with van der Waals surface area (Å²) in [6, 6.07) is 0. The highest BCUT2D eigenvalue weighted by atomic mass is 16.6. The van der Waals surface area contributed by atoms with Crippen LogP contribution in [0, 0.1) is 0 Å². The molecule has 66 valence electrons. The zero-order chi connectivity index (χ0) is 9.14. The summed E-state index contributed by atoms with van der Waals surface area (Å²) in [5, 5.41) is 10.9. The van der Waals surface area contributed by atoms with Crippen molar-refractivity contribution in [1.82, 2.24) is 0 Å². The minimum Gasteiger partial charge on any atom is -0.466 e. The molecule has 0 aromatic rings. The molecule has 1 aliphatic heterocycles. The summed E-state index contributed by atoms with van der Waals surface area (Å²) >= 11 is 0. The zero-order valence-corrected chi connectivity index (χ0v) is 6.31. The second-order valence-electron chi connectivity index (χ2n) is 2.17. The Morgan fingerprint density at radius 1 is 1.83 bits per heavy atom. The van der Waals surface area contributed by atoms with E-state index in [1.807, 2.05) is 0 Å². The number of ether oxygens (including phenoxy) is 2. The van der Waals surface area contributed by atoms with Gasteiger partial charge in [0.25, 0.3) is 0 Å². The van der Waals surface area contributed by atoms with Gasteiger partial charge in [0.2, 0.25) is 6.10 Å². The predicted octanol–water partition coefficient (Wildman–Crippen LogP) is -0.695. The van der Waals surface area contributed by atoms with E-state index in [1.165, 1.54) is 7.11 Å². The molecular weight excluding hydrogens is 166 g/mol. The average Bonchev–Trinajstić information content (AvgIpc) is 2.45. The van der Waals surface area contributed by atoms with Crippen molar-refractivity contribution in [3.63, 3.8) is 0 Å². The van der Waals surface area contributed by atoms with Gasteiger partial charge in [0.05, 0.1) is 7.11 Å². The highest BCUT2D eigenvalue weighted by molar-refractivity contribution is 6.38. The highest BCUT2D eigenvalue weighted by Gasteiger charge is 2.36. The van der Waals surface area contributed by atoms with Gasteiger partial charge in [-0.25, -0.2) is 9.59 Å². The summed E-state index contributed by atoms with van der Waals surface area (Å²) in [4.78, 5) is 21.5. The lowest BCUT2D eigenvalue weighted by molar-refractivity contribution is -0.158. The smallest absolute Gasteiger partial charge is 0.357 e. The van der Waals surface area contributed by atoms with E-state index in [0.717, 1.165) is 0 Å². The first-order valence-electron chi connectivity index (χ1n) is 3.18. The summed E-state index contributed by atoms with van der Waals surface area (Å²) in [6.07, 6.45) is -1.00. The summed E-state index contributed by atoms with van der Waals surface area (Å²) in [7, 11) is 1.18. The van der Waals surface area contributed by atoms with Crippen molar-refractivity contribution in [3.05, 3.63) is 0 Å². The van der Waals surface area contributed by atoms with Crippen LogP contribution in [0.5, 0.6) is 0 Å². The van der Waals surface area contributed by atoms with Crippen LogP contribution < -0.4 is 0 Å². The first-order valence-corrected chi connectivity index (χ1v) is 3.18. The maximum absolute atomic E-state index is 10.8. The molecule has 1 N–H and O–H groups in total. The first-order chi connectivity index (χ1) is 5.69. The van der Waals surface area contributed by atoms with Crippen LogP contribution in [-0.2, 0) is 19.1 Å². The van der Waals surface area contributed by atoms with Gasteiger partial charge >= 0.3 is 11.9 Å². The van der Waals surface area contributed by atoms with Crippen molar-refractivity contribution in [1.29, 1.82) is 0 Å². The third-order valence-electron chi connectivity index (χ3n) is 1.45. The normalized spacial score (nSPS) is 25.6. The third-order valence-corrected chi connectivity index (χ3v) is 1.45. The molecule has 0 bridgehead atoms. The molecule has 6 nitrogen and oxygen atoms in total. The fourth-order valence-electron chi connectivity index (χ4n) is 0.842. The number of nitrogens with zero attached hydrogens (tertiary/aromatic N) is 1. The van der Waals surface area contributed by atoms with Crippen molar-refractivity contribution < 1.29 is 24.3 Å². The second kappa shape index (κ2) is 3.21. The summed E-state index contributed by atoms with van der Waals surface area (Å²) < 4.78 is 8.84. The Hall–Kier alpha value is -1.59. The van der Waals surface area contributed by atoms with Gasteiger partial charge in [-0.3, -0.25) is 0 Å². The molecule has 0 unspecified atom stereocenters. The number of rotatable bonds is 1. The van der Waals surface area contributed by atoms with Crippen LogP contribution in [0.1, 0.15) is 6.42 Å². The Morgan fingerprint density at radius 2 is 2.50 bits per heavy atom. The molecule has 12 heavy (non-hydrogen) atoms. The van der Waals surface area contributed by atoms with E-state index >= 15 is 0 Å². The summed E-state index contributed by atoms with van der Waals surface area (Å²) in [5.74, 6) is -1.44. The fourth-order valence-corrected chi connectivity index (χ4v) is 0.842. The molecule has 1 rings (SSSR count). The lowest BCUT2D eigenvalue weighted by Gasteiger charge is -2.03. The number of hydrogen-bond acceptors (Lipinski definition) is 6. The Labute approximate surface area is 67.8 Å². The molecule has 0 aliphatic carbocycles. The van der Waals surface area contributed by atoms with Gasteiger partial charge in [-0.05, 0) is 0 Å². The second-order valence-corrected chi connectivity index (χ2v) is 2.17. The van der Waals surface area contributed by atoms with Gasteiger partial charge in [-0.2, -0.15) is 0 Å². The number of carbonyl (C=O) groups excluding carboxylic acids is 2. The minimum atomic E-state index is -0.964. The van der Waals surface area contributed by atoms with Crippen LogP contribution in [0.3, 0.4) is 0 Å². The number of carbonyl (C=O) groups is 2. The van der Waals surface area contributed by atoms with Gasteiger partial charge in [0.15, 0.2) is 5.71 Å². The summed E-state index contributed by atoms with van der Waals surface area (Å²) in [6.45, 7) is 0. The van der Waals surface area contributed by atoms with Crippen LogP contribution in [0.2, 0.25) is 0 Å². The fraction of sp³-hybridized carbons (Fsp3) is 0.500. The van der Waals surface area contributed by atoms with Gasteiger partial charge in [-0.15, -0.1) is 0 Å². The standard InChI is InChI=1S/C6H7NO5/c1-11-6(9)4-2-3(7-10)5(8)12-4/h4,10H,2H2,1H3/b7-3+/t4-/m0/s1. The van der Waals surface area contributed by atoms with Crippen LogP contribution in [0.4, 0.5) is 0 Å². The Balaban J connectivity index is 2.66. The van der Waals surface area contributed by atoms with E-state index in [9.17, 15) is 9.59 Å². The molecule has 1 aliphatic rings. The molecule has 1 heterocycles. The van der Waals surface area contributed by atoms with Gasteiger partial charge < -0.3 is 14.7 Å². The van der Waals surface area contributed by atoms with E-state index in [4.69, 9.17) is 5.21 Å². The van der Waals surface area contributed by atoms with Crippen molar-refractivity contribution in [2.75, 3.05) is 7.11 Å². The molecular formula is C6H7NO5. The number of methoxy groups -OCH3 is 1. The summed E-state index contributed by atoms with van der Waals surface area (Å²) in [5.41, 5.74) is -0.162. The SMILES string of the molecule is COC(=O)[C@@H]1C/C(=N\O)C(=O)O1. The molecule has 1 fully saturated rings. The van der Waals surface area contributed by atoms with E-state index in [0.29, 0.717) is 0 Å². The van der Waals surface area contributed by atoms with E-state index in [-0.39, 0.29) is 12.1 Å². The monoisotopic (exact) mass is 173 g/mol. The molecule has 0 aromatic heterocycles. The van der Waals surface area contributed by atoms with Gasteiger partial charge in [-0.1, -0.05) is 5.16 Å². The van der Waals surface area contributed by atoms with Crippen molar-refractivity contribution >= 4 is 17.7 Å². The van der Waals surface area contributed by atoms with Crippen molar-refractivity contribution in [2.45, 2.75) is 12.5 Å². The molecule has 1 atom stereocenters. The highest BCUT2D eigenvalue weighted by Crippen LogP contribution is 2.12. The molecule has 0 aromatic carbocycles. The quantitative estimate of drug-likeness (QED) is 0.322.